The van der Waals surface area contributed by atoms with Crippen LogP contribution in [-0.2, 0) is 38.0 Å². The number of halogens is 2. The van der Waals surface area contributed by atoms with Crippen LogP contribution in [0.3, 0.4) is 0 Å². The van der Waals surface area contributed by atoms with Crippen LogP contribution in [0.15, 0.2) is 72.3 Å². The van der Waals surface area contributed by atoms with Crippen LogP contribution in [0.4, 0.5) is 0 Å². The van der Waals surface area contributed by atoms with E-state index >= 15 is 0 Å². The number of benzene rings is 3. The van der Waals surface area contributed by atoms with Gasteiger partial charge in [-0.25, -0.2) is 0 Å². The predicted octanol–water partition coefficient (Wildman–Crippen LogP) is 1.14. The maximum atomic E-state index is 5.65. The maximum absolute atomic E-state index is 5.65. The Bertz CT molecular complexity index is 1180. The summed E-state index contributed by atoms with van der Waals surface area (Å²) in [4.78, 5) is 0. The van der Waals surface area contributed by atoms with E-state index in [4.69, 9.17) is 6.42 Å². The van der Waals surface area contributed by atoms with Gasteiger partial charge in [0.1, 0.15) is 0 Å². The van der Waals surface area contributed by atoms with Crippen molar-refractivity contribution in [3.05, 3.63) is 100 Å². The van der Waals surface area contributed by atoms with Gasteiger partial charge in [-0.3, -0.25) is 0 Å². The second-order valence-electron chi connectivity index (χ2n) is 8.81. The summed E-state index contributed by atoms with van der Waals surface area (Å²) in [6.45, 7) is 4.79. The minimum atomic E-state index is -0.0499. The number of rotatable bonds is 4. The number of allylic oxidation sites excluding steroid dienone is 1. The normalized spacial score (nSPS) is 15.0. The van der Waals surface area contributed by atoms with E-state index in [-0.39, 0.29) is 56.4 Å². The summed E-state index contributed by atoms with van der Waals surface area (Å²) in [7, 11) is 0. The zero-order valence-electron chi connectivity index (χ0n) is 18.5. The number of hydrogen-bond donors (Lipinski definition) is 0. The SMILES string of the molecule is C#CCCC1C(C(C)(C)c2cccc3c2Cc2ccccc2-3)=Cc2ccccc21.[Cl-].[Cl-].[Zr+2]. The zero-order chi connectivity index (χ0) is 20.0. The van der Waals surface area contributed by atoms with Crippen LogP contribution in [0.25, 0.3) is 17.2 Å². The van der Waals surface area contributed by atoms with E-state index in [1.807, 2.05) is 0 Å². The van der Waals surface area contributed by atoms with Gasteiger partial charge in [0, 0.05) is 17.8 Å². The van der Waals surface area contributed by atoms with Crippen molar-refractivity contribution in [1.29, 1.82) is 0 Å². The van der Waals surface area contributed by atoms with Gasteiger partial charge in [0.05, 0.1) is 0 Å². The van der Waals surface area contributed by atoms with Crippen LogP contribution in [0.1, 0.15) is 60.4 Å². The molecule has 2 aliphatic rings. The minimum Gasteiger partial charge on any atom is -1.00 e. The summed E-state index contributed by atoms with van der Waals surface area (Å²) < 4.78 is 0. The van der Waals surface area contributed by atoms with Crippen LogP contribution < -0.4 is 24.8 Å². The summed E-state index contributed by atoms with van der Waals surface area (Å²) >= 11 is 0. The summed E-state index contributed by atoms with van der Waals surface area (Å²) in [5.74, 6) is 3.26. The first-order valence-corrected chi connectivity index (χ1v) is 10.6. The Morgan fingerprint density at radius 1 is 0.906 bits per heavy atom. The van der Waals surface area contributed by atoms with Crippen LogP contribution in [0.2, 0.25) is 0 Å². The van der Waals surface area contributed by atoms with Gasteiger partial charge in [0.25, 0.3) is 0 Å². The molecule has 0 nitrogen and oxygen atoms in total. The Hall–Kier alpha value is -1.58. The van der Waals surface area contributed by atoms with Crippen LogP contribution >= 0.6 is 0 Å². The first kappa shape index (κ1) is 26.7. The standard InChI is InChI=1S/C29H26.2ClH.Zr/c1-4-5-13-25-23-15-9-7-12-21(23)19-28(25)29(2,3)27-17-10-16-24-22-14-8-6-11-20(22)18-26(24)27;;;/h1,6-12,14-17,19,25H,5,13,18H2,2-3H3;2*1H;/q;;;+2/p-2. The van der Waals surface area contributed by atoms with Gasteiger partial charge >= 0.3 is 26.2 Å². The first-order valence-electron chi connectivity index (χ1n) is 10.6. The monoisotopic (exact) mass is 534 g/mol. The van der Waals surface area contributed by atoms with Gasteiger partial charge in [0.15, 0.2) is 0 Å². The van der Waals surface area contributed by atoms with E-state index in [1.165, 1.54) is 44.5 Å². The molecule has 2 aliphatic carbocycles. The molecule has 0 heterocycles. The smallest absolute Gasteiger partial charge is 1.00 e. The van der Waals surface area contributed by atoms with Gasteiger partial charge < -0.3 is 24.8 Å². The zero-order valence-corrected chi connectivity index (χ0v) is 22.4. The molecule has 1 unspecified atom stereocenters. The quantitative estimate of drug-likeness (QED) is 0.344. The third kappa shape index (κ3) is 4.31. The number of hydrogen-bond acceptors (Lipinski definition) is 0. The molecule has 0 bridgehead atoms. The second-order valence-corrected chi connectivity index (χ2v) is 8.81. The third-order valence-electron chi connectivity index (χ3n) is 6.88. The van der Waals surface area contributed by atoms with E-state index < -0.39 is 0 Å². The molecule has 0 fully saturated rings. The van der Waals surface area contributed by atoms with Crippen LogP contribution in [0.5, 0.6) is 0 Å². The Balaban J connectivity index is 0.00000121. The van der Waals surface area contributed by atoms with Crippen LogP contribution in [0, 0.1) is 12.3 Å². The molecule has 0 amide bonds. The van der Waals surface area contributed by atoms with Crippen molar-refractivity contribution in [2.24, 2.45) is 0 Å². The number of terminal acetylenes is 1. The Kier molecular flexibility index (Phi) is 8.81. The van der Waals surface area contributed by atoms with Gasteiger partial charge in [-0.2, -0.15) is 0 Å². The summed E-state index contributed by atoms with van der Waals surface area (Å²) in [6, 6.07) is 24.5. The minimum absolute atomic E-state index is 0. The van der Waals surface area contributed by atoms with Gasteiger partial charge in [-0.05, 0) is 51.8 Å². The van der Waals surface area contributed by atoms with Crippen molar-refractivity contribution < 1.29 is 51.0 Å². The maximum Gasteiger partial charge on any atom is 2.00 e. The molecule has 0 N–H and O–H groups in total. The molecule has 3 aromatic carbocycles. The summed E-state index contributed by atoms with van der Waals surface area (Å²) in [5, 5.41) is 0. The molecule has 3 aromatic rings. The molecule has 3 heteroatoms. The largest absolute Gasteiger partial charge is 2.00 e. The molecular weight excluding hydrogens is 510 g/mol. The van der Waals surface area contributed by atoms with Crippen molar-refractivity contribution in [1.82, 2.24) is 0 Å². The van der Waals surface area contributed by atoms with Crippen molar-refractivity contribution >= 4 is 6.08 Å². The topological polar surface area (TPSA) is 0 Å². The second kappa shape index (κ2) is 10.6. The fourth-order valence-corrected chi connectivity index (χ4v) is 5.45. The fraction of sp³-hybridized carbons (Fsp3) is 0.241. The third-order valence-corrected chi connectivity index (χ3v) is 6.88. The Morgan fingerprint density at radius 2 is 1.59 bits per heavy atom. The average molecular weight is 537 g/mol. The van der Waals surface area contributed by atoms with Crippen molar-refractivity contribution in [2.45, 2.75) is 44.4 Å². The van der Waals surface area contributed by atoms with Crippen LogP contribution in [-0.4, -0.2) is 0 Å². The van der Waals surface area contributed by atoms with E-state index in [9.17, 15) is 0 Å². The molecular formula is C29H26Cl2Zr. The molecule has 0 radical (unpaired) electrons. The van der Waals surface area contributed by atoms with E-state index in [0.717, 1.165) is 19.3 Å². The molecule has 0 spiro atoms. The Labute approximate surface area is 223 Å². The van der Waals surface area contributed by atoms with Gasteiger partial charge in [-0.1, -0.05) is 92.2 Å². The van der Waals surface area contributed by atoms with Crippen molar-refractivity contribution in [3.63, 3.8) is 0 Å². The fourth-order valence-electron chi connectivity index (χ4n) is 5.45. The van der Waals surface area contributed by atoms with Gasteiger partial charge in [-0.15, -0.1) is 12.3 Å². The first-order chi connectivity index (χ1) is 14.1. The predicted molar refractivity (Wildman–Crippen MR) is 123 cm³/mol. The average Bonchev–Trinajstić information content (AvgIpc) is 3.31. The molecule has 0 aliphatic heterocycles. The van der Waals surface area contributed by atoms with E-state index in [0.29, 0.717) is 5.92 Å². The summed E-state index contributed by atoms with van der Waals surface area (Å²) in [6.07, 6.45) is 10.9. The Morgan fingerprint density at radius 3 is 2.38 bits per heavy atom. The molecule has 1 atom stereocenters. The molecule has 0 saturated heterocycles. The van der Waals surface area contributed by atoms with Crippen molar-refractivity contribution in [2.75, 3.05) is 0 Å². The molecule has 5 rings (SSSR count). The molecule has 0 saturated carbocycles. The van der Waals surface area contributed by atoms with E-state index in [2.05, 4.69) is 92.6 Å². The molecule has 160 valence electrons. The summed E-state index contributed by atoms with van der Waals surface area (Å²) in [5.41, 5.74) is 11.4. The number of fused-ring (bicyclic) bond motifs is 4. The van der Waals surface area contributed by atoms with Crippen molar-refractivity contribution in [3.8, 4) is 23.5 Å². The van der Waals surface area contributed by atoms with E-state index in [1.54, 1.807) is 0 Å². The molecule has 32 heavy (non-hydrogen) atoms. The van der Waals surface area contributed by atoms with Gasteiger partial charge in [0.2, 0.25) is 0 Å². The molecule has 0 aromatic heterocycles.